The van der Waals surface area contributed by atoms with Gasteiger partial charge in [-0.05, 0) is 36.9 Å². The minimum atomic E-state index is -0.245. The molecule has 0 amide bonds. The predicted molar refractivity (Wildman–Crippen MR) is 87.1 cm³/mol. The fourth-order valence-corrected chi connectivity index (χ4v) is 2.19. The first-order valence-corrected chi connectivity index (χ1v) is 8.02. The van der Waals surface area contributed by atoms with Crippen molar-refractivity contribution in [1.82, 2.24) is 9.97 Å². The lowest BCUT2D eigenvalue weighted by atomic mass is 10.3. The van der Waals surface area contributed by atoms with Crippen molar-refractivity contribution in [2.45, 2.75) is 18.5 Å². The van der Waals surface area contributed by atoms with Gasteiger partial charge in [-0.1, -0.05) is 18.7 Å². The minimum Gasteiger partial charge on any atom is -0.370 e. The number of rotatable bonds is 6. The zero-order chi connectivity index (χ0) is 15.2. The van der Waals surface area contributed by atoms with Gasteiger partial charge in [0.25, 0.3) is 0 Å². The lowest BCUT2D eigenvalue weighted by Crippen LogP contribution is -2.13. The highest BCUT2D eigenvalue weighted by molar-refractivity contribution is 7.98. The van der Waals surface area contributed by atoms with E-state index in [1.54, 1.807) is 12.1 Å². The summed E-state index contributed by atoms with van der Waals surface area (Å²) in [5, 5.41) is 3.98. The Morgan fingerprint density at radius 3 is 2.57 bits per heavy atom. The number of hydrogen-bond acceptors (Lipinski definition) is 5. The van der Waals surface area contributed by atoms with Crippen molar-refractivity contribution in [2.75, 3.05) is 30.1 Å². The highest BCUT2D eigenvalue weighted by Crippen LogP contribution is 2.25. The van der Waals surface area contributed by atoms with Crippen molar-refractivity contribution >= 4 is 29.1 Å². The molecule has 0 aliphatic heterocycles. The summed E-state index contributed by atoms with van der Waals surface area (Å²) in [4.78, 5) is 10.9. The first-order chi connectivity index (χ1) is 10.1. The Morgan fingerprint density at radius 2 is 1.95 bits per heavy atom. The molecule has 0 aliphatic rings. The number of aromatic nitrogens is 2. The summed E-state index contributed by atoms with van der Waals surface area (Å²) < 4.78 is 13.0. The molecule has 0 saturated carbocycles. The van der Waals surface area contributed by atoms with Gasteiger partial charge in [-0.25, -0.2) is 14.4 Å². The highest BCUT2D eigenvalue weighted by atomic mass is 32.2. The molecule has 2 rings (SSSR count). The predicted octanol–water partition coefficient (Wildman–Crippen LogP) is 3.93. The molecule has 21 heavy (non-hydrogen) atoms. The van der Waals surface area contributed by atoms with Crippen LogP contribution < -0.4 is 10.2 Å². The van der Waals surface area contributed by atoms with Gasteiger partial charge in [0.1, 0.15) is 17.5 Å². The standard InChI is InChI=1S/C15H19FN4S/c1-4-9-17-13-10-14(19-15(18-13)21-3)20(2)12-7-5-11(16)6-8-12/h5-8,10H,4,9H2,1-3H3,(H,17,18,19). The van der Waals surface area contributed by atoms with Gasteiger partial charge in [0, 0.05) is 25.3 Å². The van der Waals surface area contributed by atoms with Gasteiger partial charge in [-0.3, -0.25) is 0 Å². The highest BCUT2D eigenvalue weighted by Gasteiger charge is 2.10. The molecule has 0 bridgehead atoms. The van der Waals surface area contributed by atoms with E-state index in [-0.39, 0.29) is 5.82 Å². The second-order valence-corrected chi connectivity index (χ2v) is 5.33. The van der Waals surface area contributed by atoms with Crippen molar-refractivity contribution in [1.29, 1.82) is 0 Å². The molecule has 0 spiro atoms. The molecule has 1 N–H and O–H groups in total. The molecule has 112 valence electrons. The van der Waals surface area contributed by atoms with Crippen LogP contribution in [0.4, 0.5) is 21.7 Å². The van der Waals surface area contributed by atoms with Crippen molar-refractivity contribution in [3.8, 4) is 0 Å². The van der Waals surface area contributed by atoms with Crippen molar-refractivity contribution < 1.29 is 4.39 Å². The zero-order valence-electron chi connectivity index (χ0n) is 12.4. The summed E-state index contributed by atoms with van der Waals surface area (Å²) >= 11 is 1.50. The zero-order valence-corrected chi connectivity index (χ0v) is 13.2. The summed E-state index contributed by atoms with van der Waals surface area (Å²) in [6.45, 7) is 2.97. The SMILES string of the molecule is CCCNc1cc(N(C)c2ccc(F)cc2)nc(SC)n1. The average Bonchev–Trinajstić information content (AvgIpc) is 2.52. The Kier molecular flexibility index (Phi) is 5.38. The van der Waals surface area contributed by atoms with E-state index in [4.69, 9.17) is 0 Å². The van der Waals surface area contributed by atoms with Gasteiger partial charge in [0.05, 0.1) is 0 Å². The first kappa shape index (κ1) is 15.6. The van der Waals surface area contributed by atoms with Crippen LogP contribution >= 0.6 is 11.8 Å². The van der Waals surface area contributed by atoms with Gasteiger partial charge in [0.2, 0.25) is 0 Å². The average molecular weight is 306 g/mol. The van der Waals surface area contributed by atoms with Gasteiger partial charge in [-0.2, -0.15) is 0 Å². The third-order valence-electron chi connectivity index (χ3n) is 2.99. The molecule has 2 aromatic rings. The number of thioether (sulfide) groups is 1. The maximum absolute atomic E-state index is 13.0. The lowest BCUT2D eigenvalue weighted by Gasteiger charge is -2.19. The Balaban J connectivity index is 2.30. The molecule has 0 saturated heterocycles. The Labute approximate surface area is 128 Å². The van der Waals surface area contributed by atoms with Gasteiger partial charge >= 0.3 is 0 Å². The summed E-state index contributed by atoms with van der Waals surface area (Å²) in [6, 6.07) is 8.25. The van der Waals surface area contributed by atoms with Crippen molar-refractivity contribution in [3.05, 3.63) is 36.1 Å². The topological polar surface area (TPSA) is 41.0 Å². The molecule has 4 nitrogen and oxygen atoms in total. The molecule has 1 aromatic heterocycles. The number of nitrogens with zero attached hydrogens (tertiary/aromatic N) is 3. The van der Waals surface area contributed by atoms with E-state index in [9.17, 15) is 4.39 Å². The Hall–Kier alpha value is -1.82. The van der Waals surface area contributed by atoms with Crippen LogP contribution in [-0.2, 0) is 0 Å². The number of anilines is 3. The summed E-state index contributed by atoms with van der Waals surface area (Å²) in [5.41, 5.74) is 0.878. The molecule has 0 radical (unpaired) electrons. The number of hydrogen-bond donors (Lipinski definition) is 1. The van der Waals surface area contributed by atoms with Crippen LogP contribution in [0.5, 0.6) is 0 Å². The fraction of sp³-hybridized carbons (Fsp3) is 0.333. The molecule has 0 unspecified atom stereocenters. The molecular weight excluding hydrogens is 287 g/mol. The van der Waals surface area contributed by atoms with Crippen LogP contribution in [0.2, 0.25) is 0 Å². The largest absolute Gasteiger partial charge is 0.370 e. The van der Waals surface area contributed by atoms with Crippen LogP contribution in [0.3, 0.4) is 0 Å². The molecule has 0 aliphatic carbocycles. The monoisotopic (exact) mass is 306 g/mol. The smallest absolute Gasteiger partial charge is 0.191 e. The maximum Gasteiger partial charge on any atom is 0.191 e. The van der Waals surface area contributed by atoms with E-state index in [1.165, 1.54) is 23.9 Å². The number of halogens is 1. The third kappa shape index (κ3) is 4.07. The molecule has 6 heteroatoms. The van der Waals surface area contributed by atoms with E-state index in [2.05, 4.69) is 22.2 Å². The summed E-state index contributed by atoms with van der Waals surface area (Å²) in [7, 11) is 1.91. The van der Waals surface area contributed by atoms with Gasteiger partial charge < -0.3 is 10.2 Å². The molecule has 0 atom stereocenters. The maximum atomic E-state index is 13.0. The van der Waals surface area contributed by atoms with E-state index in [0.29, 0.717) is 5.16 Å². The first-order valence-electron chi connectivity index (χ1n) is 6.80. The Morgan fingerprint density at radius 1 is 1.24 bits per heavy atom. The van der Waals surface area contributed by atoms with Crippen LogP contribution in [0.15, 0.2) is 35.5 Å². The molecular formula is C15H19FN4S. The van der Waals surface area contributed by atoms with Gasteiger partial charge in [0.15, 0.2) is 5.16 Å². The normalized spacial score (nSPS) is 10.5. The van der Waals surface area contributed by atoms with Crippen LogP contribution in [0.25, 0.3) is 0 Å². The second-order valence-electron chi connectivity index (χ2n) is 4.56. The molecule has 1 heterocycles. The quantitative estimate of drug-likeness (QED) is 0.647. The van der Waals surface area contributed by atoms with E-state index < -0.39 is 0 Å². The van der Waals surface area contributed by atoms with Crippen molar-refractivity contribution in [2.24, 2.45) is 0 Å². The summed E-state index contributed by atoms with van der Waals surface area (Å²) in [6.07, 6.45) is 2.97. The van der Waals surface area contributed by atoms with E-state index in [0.717, 1.165) is 30.3 Å². The Bertz CT molecular complexity index is 589. The molecule has 0 fully saturated rings. The van der Waals surface area contributed by atoms with E-state index in [1.807, 2.05) is 24.3 Å². The number of nitrogens with one attached hydrogen (secondary N) is 1. The molecule has 1 aromatic carbocycles. The van der Waals surface area contributed by atoms with E-state index >= 15 is 0 Å². The minimum absolute atomic E-state index is 0.245. The van der Waals surface area contributed by atoms with Crippen LogP contribution in [0, 0.1) is 5.82 Å². The fourth-order valence-electron chi connectivity index (χ4n) is 1.82. The second kappa shape index (κ2) is 7.26. The van der Waals surface area contributed by atoms with Crippen LogP contribution in [0.1, 0.15) is 13.3 Å². The lowest BCUT2D eigenvalue weighted by molar-refractivity contribution is 0.628. The van der Waals surface area contributed by atoms with Crippen molar-refractivity contribution in [3.63, 3.8) is 0 Å². The van der Waals surface area contributed by atoms with Crippen LogP contribution in [-0.4, -0.2) is 29.8 Å². The number of benzene rings is 1. The summed E-state index contributed by atoms with van der Waals surface area (Å²) in [5.74, 6) is 1.34. The van der Waals surface area contributed by atoms with Gasteiger partial charge in [-0.15, -0.1) is 0 Å². The third-order valence-corrected chi connectivity index (χ3v) is 3.54.